The first-order valence-corrected chi connectivity index (χ1v) is 9.46. The quantitative estimate of drug-likeness (QED) is 0.492. The summed E-state index contributed by atoms with van der Waals surface area (Å²) < 4.78 is 5.11. The predicted octanol–water partition coefficient (Wildman–Crippen LogP) is 3.77. The molecule has 0 atom stereocenters. The molecule has 1 aliphatic heterocycles. The van der Waals surface area contributed by atoms with Crippen LogP contribution in [0.5, 0.6) is 17.2 Å². The minimum absolute atomic E-state index is 0.0105. The van der Waals surface area contributed by atoms with Crippen LogP contribution in [-0.2, 0) is 4.79 Å². The largest absolute Gasteiger partial charge is 0.507 e. The number of methoxy groups -OCH3 is 1. The number of carbonyl (C=O) groups is 1. The van der Waals surface area contributed by atoms with Crippen molar-refractivity contribution in [3.63, 3.8) is 0 Å². The van der Waals surface area contributed by atoms with Gasteiger partial charge in [0.2, 0.25) is 0 Å². The maximum absolute atomic E-state index is 13.1. The molecule has 1 heterocycles. The van der Waals surface area contributed by atoms with E-state index in [4.69, 9.17) is 4.74 Å². The van der Waals surface area contributed by atoms with Gasteiger partial charge in [0.05, 0.1) is 13.3 Å². The number of phenolic OH excluding ortho intramolecular Hbond substituents is 2. The Balaban J connectivity index is 1.73. The Hall–Kier alpha value is -4.39. The molecule has 1 aliphatic rings. The highest BCUT2D eigenvalue weighted by atomic mass is 16.5. The summed E-state index contributed by atoms with van der Waals surface area (Å²) in [6.45, 7) is 0. The molecule has 31 heavy (non-hydrogen) atoms. The second-order valence-electron chi connectivity index (χ2n) is 6.68. The third-order valence-electron chi connectivity index (χ3n) is 4.63. The van der Waals surface area contributed by atoms with Gasteiger partial charge in [0.15, 0.2) is 17.3 Å². The van der Waals surface area contributed by atoms with Crippen molar-refractivity contribution in [2.75, 3.05) is 7.11 Å². The van der Waals surface area contributed by atoms with Gasteiger partial charge in [-0.15, -0.1) is 0 Å². The SMILES string of the molecule is COc1cc(C=NN2C(=O)C(=Cc3ccccc3O)N=C2c2ccccc2)ccc1O. The summed E-state index contributed by atoms with van der Waals surface area (Å²) in [6, 6.07) is 20.7. The average Bonchev–Trinajstić information content (AvgIpc) is 3.10. The van der Waals surface area contributed by atoms with Crippen LogP contribution in [0.3, 0.4) is 0 Å². The molecule has 0 saturated carbocycles. The predicted molar refractivity (Wildman–Crippen MR) is 118 cm³/mol. The number of carbonyl (C=O) groups excluding carboxylic acids is 1. The third-order valence-corrected chi connectivity index (χ3v) is 4.63. The van der Waals surface area contributed by atoms with Crippen molar-refractivity contribution >= 4 is 24.0 Å². The molecule has 0 aliphatic carbocycles. The van der Waals surface area contributed by atoms with Crippen LogP contribution in [0.4, 0.5) is 0 Å². The Bertz CT molecular complexity index is 1220. The maximum atomic E-state index is 13.1. The molecule has 3 aromatic carbocycles. The van der Waals surface area contributed by atoms with E-state index in [1.54, 1.807) is 36.4 Å². The summed E-state index contributed by atoms with van der Waals surface area (Å²) in [7, 11) is 1.45. The number of amidine groups is 1. The van der Waals surface area contributed by atoms with Gasteiger partial charge in [-0.2, -0.15) is 10.1 Å². The first-order valence-electron chi connectivity index (χ1n) is 9.46. The van der Waals surface area contributed by atoms with E-state index in [1.807, 2.05) is 30.3 Å². The number of phenols is 2. The Kier molecular flexibility index (Phi) is 5.49. The molecule has 0 bridgehead atoms. The molecule has 7 heteroatoms. The van der Waals surface area contributed by atoms with Crippen molar-refractivity contribution in [2.24, 2.45) is 10.1 Å². The summed E-state index contributed by atoms with van der Waals surface area (Å²) in [6.07, 6.45) is 3.01. The van der Waals surface area contributed by atoms with Gasteiger partial charge >= 0.3 is 0 Å². The molecule has 1 amide bonds. The van der Waals surface area contributed by atoms with Crippen LogP contribution in [0.1, 0.15) is 16.7 Å². The van der Waals surface area contributed by atoms with Crippen LogP contribution in [0.15, 0.2) is 88.6 Å². The fourth-order valence-corrected chi connectivity index (χ4v) is 3.04. The van der Waals surface area contributed by atoms with Gasteiger partial charge in [-0.3, -0.25) is 4.79 Å². The number of rotatable bonds is 5. The van der Waals surface area contributed by atoms with Gasteiger partial charge in [-0.1, -0.05) is 48.5 Å². The van der Waals surface area contributed by atoms with Crippen molar-refractivity contribution in [1.82, 2.24) is 5.01 Å². The van der Waals surface area contributed by atoms with Crippen molar-refractivity contribution in [3.8, 4) is 17.2 Å². The highest BCUT2D eigenvalue weighted by Gasteiger charge is 2.31. The van der Waals surface area contributed by atoms with E-state index in [1.165, 1.54) is 30.5 Å². The molecular formula is C24H19N3O4. The number of nitrogens with zero attached hydrogens (tertiary/aromatic N) is 3. The first-order chi connectivity index (χ1) is 15.1. The molecule has 0 radical (unpaired) electrons. The monoisotopic (exact) mass is 413 g/mol. The molecule has 154 valence electrons. The average molecular weight is 413 g/mol. The highest BCUT2D eigenvalue weighted by Crippen LogP contribution is 2.27. The number of aliphatic imine (C=N–C) groups is 1. The Labute approximate surface area is 178 Å². The van der Waals surface area contributed by atoms with E-state index < -0.39 is 5.91 Å². The van der Waals surface area contributed by atoms with Crippen molar-refractivity contribution < 1.29 is 19.7 Å². The third kappa shape index (κ3) is 4.16. The summed E-state index contributed by atoms with van der Waals surface area (Å²) in [5.41, 5.74) is 1.99. The number of amides is 1. The smallest absolute Gasteiger partial charge is 0.298 e. The minimum atomic E-state index is -0.427. The summed E-state index contributed by atoms with van der Waals surface area (Å²) in [5, 5.41) is 25.4. The fourth-order valence-electron chi connectivity index (χ4n) is 3.04. The van der Waals surface area contributed by atoms with E-state index in [-0.39, 0.29) is 17.2 Å². The zero-order valence-corrected chi connectivity index (χ0v) is 16.6. The molecular weight excluding hydrogens is 394 g/mol. The molecule has 7 nitrogen and oxygen atoms in total. The Morgan fingerprint density at radius 3 is 2.45 bits per heavy atom. The van der Waals surface area contributed by atoms with Crippen LogP contribution in [0, 0.1) is 0 Å². The highest BCUT2D eigenvalue weighted by molar-refractivity contribution is 6.19. The van der Waals surface area contributed by atoms with E-state index >= 15 is 0 Å². The van der Waals surface area contributed by atoms with Crippen LogP contribution < -0.4 is 4.74 Å². The molecule has 4 rings (SSSR count). The maximum Gasteiger partial charge on any atom is 0.298 e. The lowest BCUT2D eigenvalue weighted by Gasteiger charge is -2.12. The molecule has 0 fully saturated rings. The lowest BCUT2D eigenvalue weighted by atomic mass is 10.1. The molecule has 2 N–H and O–H groups in total. The zero-order valence-electron chi connectivity index (χ0n) is 16.6. The Morgan fingerprint density at radius 2 is 1.71 bits per heavy atom. The van der Waals surface area contributed by atoms with Gasteiger partial charge in [0.25, 0.3) is 5.91 Å². The molecule has 0 saturated heterocycles. The number of ether oxygens (including phenoxy) is 1. The standard InChI is InChI=1S/C24H19N3O4/c1-31-22-13-16(11-12-21(22)29)15-25-27-23(17-7-3-2-4-8-17)26-19(24(27)30)14-18-9-5-6-10-20(18)28/h2-15,28-29H,1H3. The van der Waals surface area contributed by atoms with Gasteiger partial charge in [-0.25, -0.2) is 4.99 Å². The van der Waals surface area contributed by atoms with Gasteiger partial charge in [0, 0.05) is 11.1 Å². The summed E-state index contributed by atoms with van der Waals surface area (Å²) >= 11 is 0. The summed E-state index contributed by atoms with van der Waals surface area (Å²) in [4.78, 5) is 17.6. The van der Waals surface area contributed by atoms with Crippen molar-refractivity contribution in [3.05, 3.63) is 95.2 Å². The van der Waals surface area contributed by atoms with E-state index in [0.29, 0.717) is 22.7 Å². The number of benzene rings is 3. The van der Waals surface area contributed by atoms with Gasteiger partial charge in [0.1, 0.15) is 11.4 Å². The number of hydrogen-bond donors (Lipinski definition) is 2. The van der Waals surface area contributed by atoms with E-state index in [2.05, 4.69) is 10.1 Å². The second kappa shape index (κ2) is 8.54. The van der Waals surface area contributed by atoms with Crippen molar-refractivity contribution in [1.29, 1.82) is 0 Å². The van der Waals surface area contributed by atoms with Crippen LogP contribution in [0.2, 0.25) is 0 Å². The van der Waals surface area contributed by atoms with Crippen molar-refractivity contribution in [2.45, 2.75) is 0 Å². The molecule has 3 aromatic rings. The van der Waals surface area contributed by atoms with Gasteiger partial charge < -0.3 is 14.9 Å². The number of hydrazone groups is 1. The lowest BCUT2D eigenvalue weighted by Crippen LogP contribution is -2.27. The number of hydrogen-bond acceptors (Lipinski definition) is 6. The zero-order chi connectivity index (χ0) is 21.8. The van der Waals surface area contributed by atoms with Crippen LogP contribution >= 0.6 is 0 Å². The molecule has 0 unspecified atom stereocenters. The Morgan fingerprint density at radius 1 is 0.968 bits per heavy atom. The van der Waals surface area contributed by atoms with E-state index in [0.717, 1.165) is 5.56 Å². The molecule has 0 aromatic heterocycles. The topological polar surface area (TPSA) is 94.7 Å². The normalized spacial score (nSPS) is 15.0. The number of aromatic hydroxyl groups is 2. The van der Waals surface area contributed by atoms with E-state index in [9.17, 15) is 15.0 Å². The first kappa shape index (κ1) is 19.9. The fraction of sp³-hybridized carbons (Fsp3) is 0.0417. The lowest BCUT2D eigenvalue weighted by molar-refractivity contribution is -0.122. The molecule has 0 spiro atoms. The summed E-state index contributed by atoms with van der Waals surface area (Å²) in [5.74, 6) is 0.306. The minimum Gasteiger partial charge on any atom is -0.507 e. The second-order valence-corrected chi connectivity index (χ2v) is 6.68. The van der Waals surface area contributed by atoms with Crippen LogP contribution in [0.25, 0.3) is 6.08 Å². The number of para-hydroxylation sites is 1. The van der Waals surface area contributed by atoms with Crippen LogP contribution in [-0.4, -0.2) is 40.3 Å². The van der Waals surface area contributed by atoms with Gasteiger partial charge in [-0.05, 0) is 35.9 Å².